The Morgan fingerprint density at radius 1 is 1.03 bits per heavy atom. The Bertz CT molecular complexity index is 443. The first kappa shape index (κ1) is 36.6. The molecule has 0 aliphatic carbocycles. The molecule has 0 radical (unpaired) electrons. The van der Waals surface area contributed by atoms with E-state index in [-0.39, 0.29) is 12.5 Å². The highest BCUT2D eigenvalue weighted by molar-refractivity contribution is 5.87. The molecule has 1 aliphatic rings. The molecule has 1 fully saturated rings. The number of hydrogen-bond acceptors (Lipinski definition) is 5. The van der Waals surface area contributed by atoms with Crippen LogP contribution in [0.2, 0.25) is 0 Å². The molecular formula is C24H52N2O5. The SMILES string of the molecule is CC.CC.CC(C)C.CCC.COC(=O)C1CCCN1C(=O)CNC(=O)OC(C)(C)C. The van der Waals surface area contributed by atoms with Crippen molar-refractivity contribution < 1.29 is 23.9 Å². The molecule has 188 valence electrons. The number of rotatable bonds is 3. The Morgan fingerprint density at radius 2 is 1.45 bits per heavy atom. The van der Waals surface area contributed by atoms with Crippen molar-refractivity contribution in [1.82, 2.24) is 10.2 Å². The van der Waals surface area contributed by atoms with E-state index in [1.807, 2.05) is 27.7 Å². The molecule has 1 atom stereocenters. The molecule has 0 bridgehead atoms. The maximum atomic E-state index is 12.0. The zero-order valence-corrected chi connectivity index (χ0v) is 22.7. The van der Waals surface area contributed by atoms with Crippen molar-refractivity contribution in [2.75, 3.05) is 20.2 Å². The van der Waals surface area contributed by atoms with Crippen LogP contribution in [0.1, 0.15) is 102 Å². The summed E-state index contributed by atoms with van der Waals surface area (Å²) < 4.78 is 9.69. The Balaban J connectivity index is -0.000000279. The second-order valence-corrected chi connectivity index (χ2v) is 8.06. The Labute approximate surface area is 192 Å². The van der Waals surface area contributed by atoms with E-state index in [2.05, 4.69) is 44.7 Å². The molecule has 1 rings (SSSR count). The number of methoxy groups -OCH3 is 1. The van der Waals surface area contributed by atoms with E-state index < -0.39 is 23.7 Å². The van der Waals surface area contributed by atoms with Crippen molar-refractivity contribution in [3.63, 3.8) is 0 Å². The van der Waals surface area contributed by atoms with Crippen LogP contribution in [0, 0.1) is 5.92 Å². The van der Waals surface area contributed by atoms with Gasteiger partial charge in [-0.3, -0.25) is 4.79 Å². The van der Waals surface area contributed by atoms with Crippen LogP contribution >= 0.6 is 0 Å². The van der Waals surface area contributed by atoms with E-state index >= 15 is 0 Å². The molecule has 0 saturated carbocycles. The first-order chi connectivity index (χ1) is 14.4. The van der Waals surface area contributed by atoms with Crippen molar-refractivity contribution in [1.29, 1.82) is 0 Å². The van der Waals surface area contributed by atoms with Crippen LogP contribution in [0.25, 0.3) is 0 Å². The second-order valence-electron chi connectivity index (χ2n) is 8.06. The Morgan fingerprint density at radius 3 is 1.81 bits per heavy atom. The summed E-state index contributed by atoms with van der Waals surface area (Å²) in [5.41, 5.74) is -0.616. The number of alkyl carbamates (subject to hydrolysis) is 1. The average Bonchev–Trinajstić information content (AvgIpc) is 3.17. The molecule has 1 N–H and O–H groups in total. The van der Waals surface area contributed by atoms with E-state index in [1.54, 1.807) is 20.8 Å². The molecule has 1 aliphatic heterocycles. The second kappa shape index (κ2) is 22.9. The lowest BCUT2D eigenvalue weighted by atomic mass is 10.2. The fourth-order valence-corrected chi connectivity index (χ4v) is 2.01. The van der Waals surface area contributed by atoms with Gasteiger partial charge in [0.1, 0.15) is 18.2 Å². The minimum Gasteiger partial charge on any atom is -0.467 e. The summed E-state index contributed by atoms with van der Waals surface area (Å²) in [5, 5.41) is 2.39. The van der Waals surface area contributed by atoms with Gasteiger partial charge < -0.3 is 19.7 Å². The Hall–Kier alpha value is -1.79. The molecule has 0 aromatic carbocycles. The van der Waals surface area contributed by atoms with Crippen LogP contribution in [0.4, 0.5) is 4.79 Å². The first-order valence-electron chi connectivity index (χ1n) is 11.7. The molecule has 1 unspecified atom stereocenters. The summed E-state index contributed by atoms with van der Waals surface area (Å²) in [4.78, 5) is 36.4. The minimum atomic E-state index is -0.653. The zero-order valence-electron chi connectivity index (χ0n) is 22.7. The largest absolute Gasteiger partial charge is 0.467 e. The normalized spacial score (nSPS) is 14.1. The van der Waals surface area contributed by atoms with Gasteiger partial charge in [-0.1, -0.05) is 68.7 Å². The number of carbonyl (C=O) groups is 3. The number of nitrogens with zero attached hydrogens (tertiary/aromatic N) is 1. The van der Waals surface area contributed by atoms with Crippen LogP contribution in [-0.4, -0.2) is 54.7 Å². The summed E-state index contributed by atoms with van der Waals surface area (Å²) in [6.07, 6.45) is 1.93. The van der Waals surface area contributed by atoms with Gasteiger partial charge in [0, 0.05) is 6.54 Å². The third-order valence-corrected chi connectivity index (χ3v) is 2.83. The van der Waals surface area contributed by atoms with Crippen LogP contribution in [0.15, 0.2) is 0 Å². The van der Waals surface area contributed by atoms with Gasteiger partial charge in [0.05, 0.1) is 7.11 Å². The van der Waals surface area contributed by atoms with E-state index in [1.165, 1.54) is 18.4 Å². The van der Waals surface area contributed by atoms with Crippen LogP contribution < -0.4 is 5.32 Å². The van der Waals surface area contributed by atoms with Crippen LogP contribution in [0.5, 0.6) is 0 Å². The van der Waals surface area contributed by atoms with Gasteiger partial charge in [-0.25, -0.2) is 9.59 Å². The maximum Gasteiger partial charge on any atom is 0.408 e. The van der Waals surface area contributed by atoms with Gasteiger partial charge >= 0.3 is 12.1 Å². The van der Waals surface area contributed by atoms with Gasteiger partial charge in [0.25, 0.3) is 0 Å². The molecule has 0 aromatic heterocycles. The number of nitrogens with one attached hydrogen (secondary N) is 1. The van der Waals surface area contributed by atoms with Gasteiger partial charge in [-0.15, -0.1) is 0 Å². The number of ether oxygens (including phenoxy) is 2. The Kier molecular flexibility index (Phi) is 27.0. The van der Waals surface area contributed by atoms with Gasteiger partial charge in [0.2, 0.25) is 5.91 Å². The van der Waals surface area contributed by atoms with E-state index in [4.69, 9.17) is 4.74 Å². The summed E-state index contributed by atoms with van der Waals surface area (Å²) in [6.45, 7) is 24.3. The van der Waals surface area contributed by atoms with Gasteiger partial charge in [-0.2, -0.15) is 0 Å². The van der Waals surface area contributed by atoms with Crippen molar-refractivity contribution in [3.05, 3.63) is 0 Å². The average molecular weight is 449 g/mol. The molecule has 0 spiro atoms. The molecule has 7 nitrogen and oxygen atoms in total. The molecule has 1 heterocycles. The predicted octanol–water partition coefficient (Wildman–Crippen LogP) is 5.81. The topological polar surface area (TPSA) is 84.9 Å². The highest BCUT2D eigenvalue weighted by atomic mass is 16.6. The smallest absolute Gasteiger partial charge is 0.408 e. The number of likely N-dealkylation sites (tertiary alicyclic amines) is 1. The molecular weight excluding hydrogens is 396 g/mol. The van der Waals surface area contributed by atoms with Crippen molar-refractivity contribution >= 4 is 18.0 Å². The molecule has 1 saturated heterocycles. The van der Waals surface area contributed by atoms with Crippen LogP contribution in [0.3, 0.4) is 0 Å². The van der Waals surface area contributed by atoms with Crippen molar-refractivity contribution in [2.45, 2.75) is 114 Å². The van der Waals surface area contributed by atoms with Gasteiger partial charge in [0.15, 0.2) is 0 Å². The standard InChI is InChI=1S/C13H22N2O5.C4H10.C3H8.2C2H6/c1-13(2,3)20-12(18)14-8-10(16)15-7-5-6-9(15)11(17)19-4;1-4(2)3;1-3-2;2*1-2/h9H,5-8H2,1-4H3,(H,14,18);4H,1-3H3;3H2,1-2H3;2*1-2H3. The maximum absolute atomic E-state index is 12.0. The minimum absolute atomic E-state index is 0.192. The quantitative estimate of drug-likeness (QED) is 0.551. The summed E-state index contributed by atoms with van der Waals surface area (Å²) >= 11 is 0. The third-order valence-electron chi connectivity index (χ3n) is 2.83. The van der Waals surface area contributed by atoms with Crippen molar-refractivity contribution in [2.24, 2.45) is 5.92 Å². The van der Waals surface area contributed by atoms with E-state index in [9.17, 15) is 14.4 Å². The lowest BCUT2D eigenvalue weighted by Gasteiger charge is -2.23. The first-order valence-corrected chi connectivity index (χ1v) is 11.7. The lowest BCUT2D eigenvalue weighted by molar-refractivity contribution is -0.150. The van der Waals surface area contributed by atoms with Gasteiger partial charge in [-0.05, 0) is 39.5 Å². The fraction of sp³-hybridized carbons (Fsp3) is 0.875. The monoisotopic (exact) mass is 448 g/mol. The zero-order chi connectivity index (χ0) is 25.6. The highest BCUT2D eigenvalue weighted by Crippen LogP contribution is 2.18. The summed E-state index contributed by atoms with van der Waals surface area (Å²) in [5.74, 6) is 0.0943. The number of esters is 1. The lowest BCUT2D eigenvalue weighted by Crippen LogP contribution is -2.46. The molecule has 31 heavy (non-hydrogen) atoms. The van der Waals surface area contributed by atoms with Crippen LogP contribution in [-0.2, 0) is 19.1 Å². The molecule has 0 aromatic rings. The molecule has 2 amide bonds. The fourth-order valence-electron chi connectivity index (χ4n) is 2.01. The molecule has 7 heteroatoms. The van der Waals surface area contributed by atoms with Crippen molar-refractivity contribution in [3.8, 4) is 0 Å². The summed E-state index contributed by atoms with van der Waals surface area (Å²) in [7, 11) is 1.29. The van der Waals surface area contributed by atoms with E-state index in [0.717, 1.165) is 12.3 Å². The van der Waals surface area contributed by atoms with E-state index in [0.29, 0.717) is 13.0 Å². The third kappa shape index (κ3) is 24.4. The summed E-state index contributed by atoms with van der Waals surface area (Å²) in [6, 6.07) is -0.548. The number of amides is 2. The number of carbonyl (C=O) groups excluding carboxylic acids is 3. The highest BCUT2D eigenvalue weighted by Gasteiger charge is 2.34. The predicted molar refractivity (Wildman–Crippen MR) is 130 cm³/mol. The number of hydrogen-bond donors (Lipinski definition) is 1.